The second-order valence-corrected chi connectivity index (χ2v) is 3.52. The SMILES string of the molecule is CCOC(OCC)C(C)(C)C(C)=O. The van der Waals surface area contributed by atoms with E-state index in [1.807, 2.05) is 27.7 Å². The molecule has 0 aromatic rings. The smallest absolute Gasteiger partial charge is 0.169 e. The maximum atomic E-state index is 11.3. The van der Waals surface area contributed by atoms with Gasteiger partial charge in [0, 0.05) is 13.2 Å². The molecule has 0 amide bonds. The van der Waals surface area contributed by atoms with Crippen LogP contribution in [0.15, 0.2) is 0 Å². The molecule has 0 N–H and O–H groups in total. The summed E-state index contributed by atoms with van der Waals surface area (Å²) in [5.74, 6) is 0.0828. The van der Waals surface area contributed by atoms with Crippen LogP contribution in [0, 0.1) is 5.41 Å². The summed E-state index contributed by atoms with van der Waals surface area (Å²) >= 11 is 0. The van der Waals surface area contributed by atoms with Crippen LogP contribution in [0.5, 0.6) is 0 Å². The van der Waals surface area contributed by atoms with E-state index in [-0.39, 0.29) is 5.78 Å². The molecule has 0 aliphatic rings. The van der Waals surface area contributed by atoms with E-state index in [2.05, 4.69) is 0 Å². The molecule has 0 atom stereocenters. The Hall–Kier alpha value is -0.410. The number of carbonyl (C=O) groups excluding carboxylic acids is 1. The third kappa shape index (κ3) is 3.44. The van der Waals surface area contributed by atoms with E-state index < -0.39 is 11.7 Å². The molecule has 0 fully saturated rings. The number of hydrogen-bond acceptors (Lipinski definition) is 3. The Balaban J connectivity index is 4.41. The molecule has 78 valence electrons. The van der Waals surface area contributed by atoms with Crippen LogP contribution in [0.4, 0.5) is 0 Å². The molecule has 0 bridgehead atoms. The Kier molecular flexibility index (Phi) is 5.18. The van der Waals surface area contributed by atoms with Gasteiger partial charge in [-0.05, 0) is 34.6 Å². The van der Waals surface area contributed by atoms with Crippen LogP contribution in [-0.2, 0) is 14.3 Å². The lowest BCUT2D eigenvalue weighted by atomic mass is 9.88. The van der Waals surface area contributed by atoms with E-state index in [1.54, 1.807) is 6.92 Å². The van der Waals surface area contributed by atoms with Crippen molar-refractivity contribution >= 4 is 5.78 Å². The highest BCUT2D eigenvalue weighted by Gasteiger charge is 2.35. The quantitative estimate of drug-likeness (QED) is 0.598. The molecule has 13 heavy (non-hydrogen) atoms. The molecule has 3 heteroatoms. The zero-order valence-corrected chi connectivity index (χ0v) is 9.22. The van der Waals surface area contributed by atoms with Gasteiger partial charge in [-0.2, -0.15) is 0 Å². The van der Waals surface area contributed by atoms with Crippen LogP contribution in [0.25, 0.3) is 0 Å². The van der Waals surface area contributed by atoms with Crippen LogP contribution in [0.1, 0.15) is 34.6 Å². The Morgan fingerprint density at radius 3 is 1.85 bits per heavy atom. The first kappa shape index (κ1) is 12.6. The number of ether oxygens (including phenoxy) is 2. The summed E-state index contributed by atoms with van der Waals surface area (Å²) in [4.78, 5) is 11.3. The Labute approximate surface area is 80.4 Å². The van der Waals surface area contributed by atoms with Crippen molar-refractivity contribution in [3.8, 4) is 0 Å². The third-order valence-corrected chi connectivity index (χ3v) is 2.13. The van der Waals surface area contributed by atoms with Crippen molar-refractivity contribution in [2.45, 2.75) is 40.9 Å². The largest absolute Gasteiger partial charge is 0.352 e. The summed E-state index contributed by atoms with van der Waals surface area (Å²) in [7, 11) is 0. The normalized spacial score (nSPS) is 12.2. The lowest BCUT2D eigenvalue weighted by Crippen LogP contribution is -2.39. The minimum atomic E-state index is -0.563. The molecule has 0 spiro atoms. The fourth-order valence-electron chi connectivity index (χ4n) is 0.933. The molecule has 0 heterocycles. The van der Waals surface area contributed by atoms with Gasteiger partial charge in [0.15, 0.2) is 6.29 Å². The van der Waals surface area contributed by atoms with Gasteiger partial charge in [0.1, 0.15) is 5.78 Å². The molecule has 0 aliphatic heterocycles. The van der Waals surface area contributed by atoms with Gasteiger partial charge in [-0.25, -0.2) is 0 Å². The zero-order chi connectivity index (χ0) is 10.5. The molecule has 0 saturated heterocycles. The van der Waals surface area contributed by atoms with Gasteiger partial charge < -0.3 is 9.47 Å². The van der Waals surface area contributed by atoms with Crippen molar-refractivity contribution in [3.05, 3.63) is 0 Å². The van der Waals surface area contributed by atoms with Gasteiger partial charge in [0.25, 0.3) is 0 Å². The average molecular weight is 188 g/mol. The van der Waals surface area contributed by atoms with E-state index in [1.165, 1.54) is 0 Å². The van der Waals surface area contributed by atoms with Gasteiger partial charge in [-0.3, -0.25) is 4.79 Å². The van der Waals surface area contributed by atoms with E-state index >= 15 is 0 Å². The summed E-state index contributed by atoms with van der Waals surface area (Å²) in [6.45, 7) is 10.1. The first-order valence-electron chi connectivity index (χ1n) is 4.71. The average Bonchev–Trinajstić information content (AvgIpc) is 2.03. The van der Waals surface area contributed by atoms with Crippen LogP contribution >= 0.6 is 0 Å². The van der Waals surface area contributed by atoms with Gasteiger partial charge in [-0.1, -0.05) is 0 Å². The molecule has 0 rings (SSSR count). The standard InChI is InChI=1S/C10H20O3/c1-6-12-9(13-7-2)10(4,5)8(3)11/h9H,6-7H2,1-5H3. The summed E-state index contributed by atoms with van der Waals surface area (Å²) in [6, 6.07) is 0. The van der Waals surface area contributed by atoms with Crippen molar-refractivity contribution in [3.63, 3.8) is 0 Å². The first-order chi connectivity index (χ1) is 5.96. The second kappa shape index (κ2) is 5.35. The molecule has 0 unspecified atom stereocenters. The van der Waals surface area contributed by atoms with Crippen LogP contribution in [0.3, 0.4) is 0 Å². The van der Waals surface area contributed by atoms with E-state index in [9.17, 15) is 4.79 Å². The Morgan fingerprint density at radius 1 is 1.23 bits per heavy atom. The first-order valence-corrected chi connectivity index (χ1v) is 4.71. The highest BCUT2D eigenvalue weighted by atomic mass is 16.7. The highest BCUT2D eigenvalue weighted by Crippen LogP contribution is 2.25. The molecule has 0 aliphatic carbocycles. The van der Waals surface area contributed by atoms with Crippen molar-refractivity contribution in [2.75, 3.05) is 13.2 Å². The summed E-state index contributed by atoms with van der Waals surface area (Å²) in [5, 5.41) is 0. The van der Waals surface area contributed by atoms with Crippen molar-refractivity contribution in [2.24, 2.45) is 5.41 Å². The van der Waals surface area contributed by atoms with Gasteiger partial charge in [0.05, 0.1) is 5.41 Å². The molecule has 0 radical (unpaired) electrons. The fourth-order valence-corrected chi connectivity index (χ4v) is 0.933. The second-order valence-electron chi connectivity index (χ2n) is 3.52. The molecular weight excluding hydrogens is 168 g/mol. The van der Waals surface area contributed by atoms with Crippen LogP contribution in [-0.4, -0.2) is 25.3 Å². The van der Waals surface area contributed by atoms with Crippen molar-refractivity contribution in [1.82, 2.24) is 0 Å². The van der Waals surface area contributed by atoms with Gasteiger partial charge in [0.2, 0.25) is 0 Å². The van der Waals surface area contributed by atoms with E-state index in [4.69, 9.17) is 9.47 Å². The Morgan fingerprint density at radius 2 is 1.62 bits per heavy atom. The van der Waals surface area contributed by atoms with Crippen molar-refractivity contribution in [1.29, 1.82) is 0 Å². The Bertz CT molecular complexity index is 158. The van der Waals surface area contributed by atoms with E-state index in [0.717, 1.165) is 0 Å². The lowest BCUT2D eigenvalue weighted by molar-refractivity contribution is -0.195. The molecule has 3 nitrogen and oxygen atoms in total. The fraction of sp³-hybridized carbons (Fsp3) is 0.900. The summed E-state index contributed by atoms with van der Waals surface area (Å²) in [6.07, 6.45) is -0.431. The van der Waals surface area contributed by atoms with Gasteiger partial charge >= 0.3 is 0 Å². The lowest BCUT2D eigenvalue weighted by Gasteiger charge is -2.31. The third-order valence-electron chi connectivity index (χ3n) is 2.13. The molecule has 0 aromatic heterocycles. The maximum absolute atomic E-state index is 11.3. The predicted molar refractivity (Wildman–Crippen MR) is 51.5 cm³/mol. The van der Waals surface area contributed by atoms with E-state index in [0.29, 0.717) is 13.2 Å². The minimum Gasteiger partial charge on any atom is -0.352 e. The molecule has 0 saturated carbocycles. The number of carbonyl (C=O) groups is 1. The predicted octanol–water partition coefficient (Wildman–Crippen LogP) is 2.00. The number of rotatable bonds is 6. The highest BCUT2D eigenvalue weighted by molar-refractivity contribution is 5.81. The van der Waals surface area contributed by atoms with Crippen molar-refractivity contribution < 1.29 is 14.3 Å². The number of hydrogen-bond donors (Lipinski definition) is 0. The van der Waals surface area contributed by atoms with Gasteiger partial charge in [-0.15, -0.1) is 0 Å². The summed E-state index contributed by atoms with van der Waals surface area (Å²) < 4.78 is 10.7. The number of ketones is 1. The topological polar surface area (TPSA) is 35.5 Å². The number of Topliss-reactive ketones (excluding diaryl/α,β-unsaturated/α-hetero) is 1. The zero-order valence-electron chi connectivity index (χ0n) is 9.22. The van der Waals surface area contributed by atoms with Crippen LogP contribution in [0.2, 0.25) is 0 Å². The summed E-state index contributed by atoms with van der Waals surface area (Å²) in [5.41, 5.74) is -0.563. The molecular formula is C10H20O3. The monoisotopic (exact) mass is 188 g/mol. The molecule has 0 aromatic carbocycles. The maximum Gasteiger partial charge on any atom is 0.169 e. The minimum absolute atomic E-state index is 0.0828. The van der Waals surface area contributed by atoms with Crippen LogP contribution < -0.4 is 0 Å².